The van der Waals surface area contributed by atoms with E-state index < -0.39 is 0 Å². The van der Waals surface area contributed by atoms with Gasteiger partial charge in [-0.25, -0.2) is 4.98 Å². The van der Waals surface area contributed by atoms with Crippen LogP contribution in [0.1, 0.15) is 49.0 Å². The Labute approximate surface area is 233 Å². The molecule has 4 rings (SSSR count). The first kappa shape index (κ1) is 29.6. The Morgan fingerprint density at radius 1 is 1.13 bits per heavy atom. The molecular weight excluding hydrogens is 526 g/mol. The van der Waals surface area contributed by atoms with Crippen molar-refractivity contribution in [3.8, 4) is 5.75 Å². The molecule has 9 nitrogen and oxygen atoms in total. The normalized spacial score (nSPS) is 13.4. The van der Waals surface area contributed by atoms with Gasteiger partial charge in [-0.2, -0.15) is 0 Å². The number of hydrogen-bond donors (Lipinski definition) is 0. The van der Waals surface area contributed by atoms with Crippen LogP contribution in [0.4, 0.5) is 16.5 Å². The van der Waals surface area contributed by atoms with Crippen LogP contribution in [0.2, 0.25) is 0 Å². The molecule has 2 aromatic carbocycles. The molecule has 0 N–H and O–H groups in total. The van der Waals surface area contributed by atoms with E-state index in [2.05, 4.69) is 23.6 Å². The van der Waals surface area contributed by atoms with E-state index in [0.29, 0.717) is 29.7 Å². The molecule has 0 aliphatic carbocycles. The largest absolute Gasteiger partial charge is 0.494 e. The lowest BCUT2D eigenvalue weighted by molar-refractivity contribution is -0.384. The van der Waals surface area contributed by atoms with Crippen LogP contribution in [0.3, 0.4) is 0 Å². The van der Waals surface area contributed by atoms with Gasteiger partial charge >= 0.3 is 0 Å². The second-order valence-electron chi connectivity index (χ2n) is 9.25. The summed E-state index contributed by atoms with van der Waals surface area (Å²) in [5.74, 6) is 0.358. The lowest BCUT2D eigenvalue weighted by atomic mass is 10.1. The minimum atomic E-state index is -0.382. The number of anilines is 2. The maximum atomic E-state index is 13.9. The van der Waals surface area contributed by atoms with E-state index in [1.165, 1.54) is 17.4 Å². The zero-order valence-corrected chi connectivity index (χ0v) is 24.1. The van der Waals surface area contributed by atoms with Gasteiger partial charge in [0.05, 0.1) is 16.7 Å². The van der Waals surface area contributed by atoms with Crippen molar-refractivity contribution in [2.24, 2.45) is 0 Å². The van der Waals surface area contributed by atoms with Crippen LogP contribution in [-0.2, 0) is 0 Å². The standard InChI is InChI=1S/C27H35N5O4S.ClH/c1-5-29(6-2)16-17-31(27-28-24-23(36-4)13-10-19(3)25(24)37-27)26(33)20-11-12-21(22(18-20)32(34)35)30-14-8-7-9-15-30;/h10-13,18H,5-9,14-17H2,1-4H3;1H. The number of nitrogens with zero attached hydrogens (tertiary/aromatic N) is 5. The number of aromatic nitrogens is 1. The van der Waals surface area contributed by atoms with Crippen molar-refractivity contribution < 1.29 is 14.5 Å². The SMILES string of the molecule is CCN(CC)CCN(C(=O)c1ccc(N2CCCCC2)c([N+](=O)[O-])c1)c1nc2c(OC)ccc(C)c2s1.Cl. The van der Waals surface area contributed by atoms with E-state index >= 15 is 0 Å². The van der Waals surface area contributed by atoms with Crippen molar-refractivity contribution in [1.29, 1.82) is 0 Å². The summed E-state index contributed by atoms with van der Waals surface area (Å²) in [4.78, 5) is 36.3. The van der Waals surface area contributed by atoms with Crippen LogP contribution in [-0.4, -0.2) is 67.1 Å². The van der Waals surface area contributed by atoms with E-state index in [0.717, 1.165) is 61.2 Å². The summed E-state index contributed by atoms with van der Waals surface area (Å²) in [5, 5.41) is 12.6. The fourth-order valence-electron chi connectivity index (χ4n) is 4.80. The highest BCUT2D eigenvalue weighted by Gasteiger charge is 2.27. The van der Waals surface area contributed by atoms with Crippen LogP contribution in [0.5, 0.6) is 5.75 Å². The molecule has 38 heavy (non-hydrogen) atoms. The number of carbonyl (C=O) groups excluding carboxylic acids is 1. The highest BCUT2D eigenvalue weighted by Crippen LogP contribution is 2.37. The van der Waals surface area contributed by atoms with Gasteiger partial charge in [-0.1, -0.05) is 31.3 Å². The van der Waals surface area contributed by atoms with Gasteiger partial charge < -0.3 is 14.5 Å². The molecule has 0 unspecified atom stereocenters. The van der Waals surface area contributed by atoms with Gasteiger partial charge in [-0.3, -0.25) is 19.8 Å². The highest BCUT2D eigenvalue weighted by atomic mass is 35.5. The first-order chi connectivity index (χ1) is 17.9. The number of nitro groups is 1. The molecule has 0 radical (unpaired) electrons. The smallest absolute Gasteiger partial charge is 0.293 e. The maximum absolute atomic E-state index is 13.9. The van der Waals surface area contributed by atoms with Gasteiger partial charge in [0.25, 0.3) is 11.6 Å². The molecule has 1 aromatic heterocycles. The molecule has 1 saturated heterocycles. The first-order valence-electron chi connectivity index (χ1n) is 12.9. The Kier molecular flexibility index (Phi) is 10.3. The van der Waals surface area contributed by atoms with Crippen LogP contribution >= 0.6 is 23.7 Å². The fraction of sp³-hybridized carbons (Fsp3) is 0.481. The number of likely N-dealkylation sites (N-methyl/N-ethyl adjacent to an activating group) is 1. The molecule has 11 heteroatoms. The number of ether oxygens (including phenoxy) is 1. The quantitative estimate of drug-likeness (QED) is 0.224. The molecule has 206 valence electrons. The predicted octanol–water partition coefficient (Wildman–Crippen LogP) is 5.92. The number of benzene rings is 2. The van der Waals surface area contributed by atoms with Crippen molar-refractivity contribution in [3.63, 3.8) is 0 Å². The summed E-state index contributed by atoms with van der Waals surface area (Å²) in [7, 11) is 1.61. The van der Waals surface area contributed by atoms with Gasteiger partial charge in [0, 0.05) is 37.8 Å². The predicted molar refractivity (Wildman–Crippen MR) is 157 cm³/mol. The Bertz CT molecular complexity index is 1270. The Morgan fingerprint density at radius 2 is 1.84 bits per heavy atom. The summed E-state index contributed by atoms with van der Waals surface area (Å²) in [6, 6.07) is 8.73. The average Bonchev–Trinajstić information content (AvgIpc) is 3.37. The van der Waals surface area contributed by atoms with Crippen LogP contribution in [0.15, 0.2) is 30.3 Å². The number of methoxy groups -OCH3 is 1. The number of fused-ring (bicyclic) bond motifs is 1. The lowest BCUT2D eigenvalue weighted by Crippen LogP contribution is -2.39. The number of carbonyl (C=O) groups is 1. The molecule has 0 atom stereocenters. The summed E-state index contributed by atoms with van der Waals surface area (Å²) in [5.41, 5.74) is 2.61. The summed E-state index contributed by atoms with van der Waals surface area (Å²) < 4.78 is 6.48. The third-order valence-corrected chi connectivity index (χ3v) is 8.25. The summed E-state index contributed by atoms with van der Waals surface area (Å²) >= 11 is 1.44. The third kappa shape index (κ3) is 6.19. The third-order valence-electron chi connectivity index (χ3n) is 7.04. The Hall–Kier alpha value is -2.95. The van der Waals surface area contributed by atoms with Crippen LogP contribution in [0, 0.1) is 17.0 Å². The Morgan fingerprint density at radius 3 is 2.47 bits per heavy atom. The molecule has 1 aliphatic rings. The highest BCUT2D eigenvalue weighted by molar-refractivity contribution is 7.22. The molecule has 0 saturated carbocycles. The zero-order chi connectivity index (χ0) is 26.5. The second-order valence-corrected chi connectivity index (χ2v) is 10.2. The summed E-state index contributed by atoms with van der Waals surface area (Å²) in [6.45, 7) is 10.6. The van der Waals surface area contributed by atoms with Gasteiger partial charge in [0.1, 0.15) is 17.0 Å². The average molecular weight is 562 g/mol. The van der Waals surface area contributed by atoms with E-state index in [9.17, 15) is 14.9 Å². The van der Waals surface area contributed by atoms with Crippen molar-refractivity contribution in [3.05, 3.63) is 51.6 Å². The molecule has 1 fully saturated rings. The molecule has 3 aromatic rings. The molecule has 0 spiro atoms. The molecular formula is C27H36ClN5O4S. The number of piperidine rings is 1. The maximum Gasteiger partial charge on any atom is 0.293 e. The number of rotatable bonds is 10. The number of amides is 1. The monoisotopic (exact) mass is 561 g/mol. The molecule has 0 bridgehead atoms. The number of aryl methyl sites for hydroxylation is 1. The van der Waals surface area contributed by atoms with Gasteiger partial charge in [-0.15, -0.1) is 12.4 Å². The minimum absolute atomic E-state index is 0. The summed E-state index contributed by atoms with van der Waals surface area (Å²) in [6.07, 6.45) is 3.16. The number of thiazole rings is 1. The number of nitro benzene ring substituents is 1. The lowest BCUT2D eigenvalue weighted by Gasteiger charge is -2.28. The fourth-order valence-corrected chi connectivity index (χ4v) is 5.88. The van der Waals surface area contributed by atoms with Gasteiger partial charge in [0.15, 0.2) is 5.13 Å². The Balaban J connectivity index is 0.00000400. The number of hydrogen-bond acceptors (Lipinski definition) is 8. The van der Waals surface area contributed by atoms with E-state index in [1.807, 2.05) is 19.1 Å². The van der Waals surface area contributed by atoms with Crippen molar-refractivity contribution in [2.45, 2.75) is 40.0 Å². The zero-order valence-electron chi connectivity index (χ0n) is 22.4. The van der Waals surface area contributed by atoms with Crippen LogP contribution in [0.25, 0.3) is 10.2 Å². The van der Waals surface area contributed by atoms with Crippen LogP contribution < -0.4 is 14.5 Å². The van der Waals surface area contributed by atoms with Gasteiger partial charge in [0.2, 0.25) is 0 Å². The first-order valence-corrected chi connectivity index (χ1v) is 13.7. The van der Waals surface area contributed by atoms with E-state index in [1.54, 1.807) is 24.1 Å². The molecule has 1 aliphatic heterocycles. The molecule has 2 heterocycles. The second kappa shape index (κ2) is 13.2. The topological polar surface area (TPSA) is 92.0 Å². The minimum Gasteiger partial charge on any atom is -0.494 e. The number of halogens is 1. The van der Waals surface area contributed by atoms with Crippen molar-refractivity contribution in [1.82, 2.24) is 9.88 Å². The van der Waals surface area contributed by atoms with Crippen molar-refractivity contribution in [2.75, 3.05) is 56.2 Å². The molecule has 1 amide bonds. The van der Waals surface area contributed by atoms with E-state index in [-0.39, 0.29) is 34.5 Å². The van der Waals surface area contributed by atoms with E-state index in [4.69, 9.17) is 9.72 Å². The van der Waals surface area contributed by atoms with Gasteiger partial charge in [-0.05, 0) is 63.0 Å². The van der Waals surface area contributed by atoms with Crippen molar-refractivity contribution >= 4 is 56.4 Å².